The first-order valence-electron chi connectivity index (χ1n) is 6.19. The van der Waals surface area contributed by atoms with Gasteiger partial charge in [0.1, 0.15) is 0 Å². The van der Waals surface area contributed by atoms with Gasteiger partial charge in [-0.1, -0.05) is 34.1 Å². The molecule has 4 atom stereocenters. The quantitative estimate of drug-likeness (QED) is 0.734. The van der Waals surface area contributed by atoms with Gasteiger partial charge in [0.05, 0.1) is 5.60 Å². The molecule has 84 valence electrons. The molecule has 1 heteroatoms. The van der Waals surface area contributed by atoms with Gasteiger partial charge in [-0.2, -0.15) is 0 Å². The molecule has 4 unspecified atom stereocenters. The third-order valence-electron chi connectivity index (χ3n) is 4.16. The lowest BCUT2D eigenvalue weighted by Gasteiger charge is -2.40. The van der Waals surface area contributed by atoms with Gasteiger partial charge in [0.2, 0.25) is 0 Å². The fourth-order valence-corrected chi connectivity index (χ4v) is 2.66. The molecule has 0 saturated heterocycles. The van der Waals surface area contributed by atoms with Crippen molar-refractivity contribution < 1.29 is 5.11 Å². The molecule has 0 heterocycles. The lowest BCUT2D eigenvalue weighted by atomic mass is 9.70. The second-order valence-corrected chi connectivity index (χ2v) is 5.64. The Morgan fingerprint density at radius 1 is 1.36 bits per heavy atom. The van der Waals surface area contributed by atoms with Crippen LogP contribution in [-0.2, 0) is 0 Å². The monoisotopic (exact) mass is 198 g/mol. The van der Waals surface area contributed by atoms with Crippen LogP contribution in [0.5, 0.6) is 0 Å². The van der Waals surface area contributed by atoms with E-state index in [9.17, 15) is 5.11 Å². The van der Waals surface area contributed by atoms with Crippen molar-refractivity contribution in [2.45, 2.75) is 65.4 Å². The maximum atomic E-state index is 10.5. The molecular formula is C13H26O. The van der Waals surface area contributed by atoms with E-state index in [0.29, 0.717) is 11.8 Å². The molecule has 0 bridgehead atoms. The topological polar surface area (TPSA) is 20.2 Å². The number of aliphatic hydroxyl groups is 1. The fourth-order valence-electron chi connectivity index (χ4n) is 2.66. The summed E-state index contributed by atoms with van der Waals surface area (Å²) in [5, 5.41) is 10.5. The Morgan fingerprint density at radius 2 is 2.00 bits per heavy atom. The first kappa shape index (κ1) is 12.0. The van der Waals surface area contributed by atoms with Gasteiger partial charge in [-0.05, 0) is 43.4 Å². The van der Waals surface area contributed by atoms with E-state index in [0.717, 1.165) is 25.2 Å². The van der Waals surface area contributed by atoms with Crippen LogP contribution in [0.15, 0.2) is 0 Å². The first-order chi connectivity index (χ1) is 6.47. The van der Waals surface area contributed by atoms with Crippen LogP contribution in [0, 0.1) is 17.8 Å². The lowest BCUT2D eigenvalue weighted by Crippen LogP contribution is -2.38. The maximum Gasteiger partial charge on any atom is 0.0653 e. The second kappa shape index (κ2) is 4.65. The maximum absolute atomic E-state index is 10.5. The molecule has 0 amide bonds. The van der Waals surface area contributed by atoms with Gasteiger partial charge in [-0.3, -0.25) is 0 Å². The van der Waals surface area contributed by atoms with Crippen LogP contribution in [0.3, 0.4) is 0 Å². The molecule has 1 nitrogen and oxygen atoms in total. The van der Waals surface area contributed by atoms with Crippen LogP contribution in [0.25, 0.3) is 0 Å². The number of rotatable bonds is 3. The molecule has 14 heavy (non-hydrogen) atoms. The highest BCUT2D eigenvalue weighted by Gasteiger charge is 2.36. The van der Waals surface area contributed by atoms with E-state index in [1.807, 2.05) is 0 Å². The van der Waals surface area contributed by atoms with Gasteiger partial charge in [-0.15, -0.1) is 0 Å². The Morgan fingerprint density at radius 3 is 2.50 bits per heavy atom. The van der Waals surface area contributed by atoms with Gasteiger partial charge >= 0.3 is 0 Å². The number of hydrogen-bond acceptors (Lipinski definition) is 1. The molecule has 0 aromatic rings. The molecule has 0 spiro atoms. The Balaban J connectivity index is 2.49. The van der Waals surface area contributed by atoms with E-state index in [4.69, 9.17) is 0 Å². The van der Waals surface area contributed by atoms with Gasteiger partial charge in [-0.25, -0.2) is 0 Å². The molecule has 1 N–H and O–H groups in total. The normalized spacial score (nSPS) is 40.9. The Kier molecular flexibility index (Phi) is 4.00. The summed E-state index contributed by atoms with van der Waals surface area (Å²) in [4.78, 5) is 0. The van der Waals surface area contributed by atoms with Crippen LogP contribution >= 0.6 is 0 Å². The fraction of sp³-hybridized carbons (Fsp3) is 1.00. The summed E-state index contributed by atoms with van der Waals surface area (Å²) in [6.07, 6.45) is 5.42. The molecule has 0 aromatic heterocycles. The largest absolute Gasteiger partial charge is 0.390 e. The van der Waals surface area contributed by atoms with E-state index in [-0.39, 0.29) is 5.60 Å². The van der Waals surface area contributed by atoms with Crippen molar-refractivity contribution in [3.05, 3.63) is 0 Å². The van der Waals surface area contributed by atoms with Crippen molar-refractivity contribution in [2.75, 3.05) is 0 Å². The Bertz CT molecular complexity index is 174. The summed E-state index contributed by atoms with van der Waals surface area (Å²) in [6, 6.07) is 0. The Hall–Kier alpha value is -0.0400. The smallest absolute Gasteiger partial charge is 0.0653 e. The van der Waals surface area contributed by atoms with E-state index in [1.165, 1.54) is 12.8 Å². The van der Waals surface area contributed by atoms with Crippen molar-refractivity contribution in [1.29, 1.82) is 0 Å². The zero-order valence-corrected chi connectivity index (χ0v) is 10.2. The molecule has 1 aliphatic rings. The van der Waals surface area contributed by atoms with Gasteiger partial charge < -0.3 is 5.11 Å². The highest BCUT2D eigenvalue weighted by molar-refractivity contribution is 4.88. The van der Waals surface area contributed by atoms with Crippen LogP contribution in [-0.4, -0.2) is 10.7 Å². The summed E-state index contributed by atoms with van der Waals surface area (Å²) >= 11 is 0. The van der Waals surface area contributed by atoms with Crippen LogP contribution in [0.2, 0.25) is 0 Å². The van der Waals surface area contributed by atoms with Crippen molar-refractivity contribution in [2.24, 2.45) is 17.8 Å². The minimum atomic E-state index is -0.346. The van der Waals surface area contributed by atoms with Crippen LogP contribution in [0.1, 0.15) is 59.8 Å². The van der Waals surface area contributed by atoms with Gasteiger partial charge in [0, 0.05) is 0 Å². The van der Waals surface area contributed by atoms with Crippen molar-refractivity contribution >= 4 is 0 Å². The van der Waals surface area contributed by atoms with Crippen LogP contribution < -0.4 is 0 Å². The van der Waals surface area contributed by atoms with E-state index < -0.39 is 0 Å². The highest BCUT2D eigenvalue weighted by atomic mass is 16.3. The molecule has 1 saturated carbocycles. The van der Waals surface area contributed by atoms with Crippen LogP contribution in [0.4, 0.5) is 0 Å². The summed E-state index contributed by atoms with van der Waals surface area (Å²) in [7, 11) is 0. The van der Waals surface area contributed by atoms with Crippen molar-refractivity contribution in [3.8, 4) is 0 Å². The zero-order valence-electron chi connectivity index (χ0n) is 10.2. The third-order valence-corrected chi connectivity index (χ3v) is 4.16. The summed E-state index contributed by atoms with van der Waals surface area (Å²) in [6.45, 7) is 9.06. The zero-order chi connectivity index (χ0) is 10.8. The van der Waals surface area contributed by atoms with Gasteiger partial charge in [0.25, 0.3) is 0 Å². The molecule has 1 aliphatic carbocycles. The molecule has 0 aliphatic heterocycles. The molecular weight excluding hydrogens is 172 g/mol. The second-order valence-electron chi connectivity index (χ2n) is 5.64. The summed E-state index contributed by atoms with van der Waals surface area (Å²) < 4.78 is 0. The number of hydrogen-bond donors (Lipinski definition) is 1. The Labute approximate surface area is 88.9 Å². The SMILES string of the molecule is CCC(C)CC1(O)CCC(C)C(C)C1. The van der Waals surface area contributed by atoms with E-state index in [2.05, 4.69) is 27.7 Å². The van der Waals surface area contributed by atoms with Crippen molar-refractivity contribution in [1.82, 2.24) is 0 Å². The molecule has 1 fully saturated rings. The standard InChI is InChI=1S/C13H26O/c1-5-10(2)8-13(14)7-6-11(3)12(4)9-13/h10-12,14H,5-9H2,1-4H3. The average Bonchev–Trinajstić information content (AvgIpc) is 2.12. The molecule has 1 rings (SSSR count). The minimum Gasteiger partial charge on any atom is -0.390 e. The lowest BCUT2D eigenvalue weighted by molar-refractivity contribution is -0.0452. The van der Waals surface area contributed by atoms with E-state index in [1.54, 1.807) is 0 Å². The summed E-state index contributed by atoms with van der Waals surface area (Å²) in [5.41, 5.74) is -0.346. The molecule has 0 aromatic carbocycles. The predicted molar refractivity (Wildman–Crippen MR) is 61.2 cm³/mol. The average molecular weight is 198 g/mol. The minimum absolute atomic E-state index is 0.346. The van der Waals surface area contributed by atoms with Crippen molar-refractivity contribution in [3.63, 3.8) is 0 Å². The van der Waals surface area contributed by atoms with E-state index >= 15 is 0 Å². The predicted octanol–water partition coefficient (Wildman–Crippen LogP) is 3.61. The first-order valence-corrected chi connectivity index (χ1v) is 6.19. The highest BCUT2D eigenvalue weighted by Crippen LogP contribution is 2.39. The summed E-state index contributed by atoms with van der Waals surface area (Å²) in [5.74, 6) is 2.16. The third kappa shape index (κ3) is 2.98. The van der Waals surface area contributed by atoms with Gasteiger partial charge in [0.15, 0.2) is 0 Å². The molecule has 0 radical (unpaired) electrons.